The number of nitrogens with zero attached hydrogens (tertiary/aromatic N) is 1. The highest BCUT2D eigenvalue weighted by molar-refractivity contribution is 5.92. The first-order chi connectivity index (χ1) is 10.1. The first-order valence-electron chi connectivity index (χ1n) is 8.22. The maximum atomic E-state index is 9.71. The van der Waals surface area contributed by atoms with Crippen LogP contribution in [-0.2, 0) is 6.42 Å². The van der Waals surface area contributed by atoms with Crippen molar-refractivity contribution in [3.8, 4) is 5.75 Å². The Morgan fingerprint density at radius 1 is 1.24 bits per heavy atom. The van der Waals surface area contributed by atoms with Gasteiger partial charge in [0.25, 0.3) is 0 Å². The molecule has 0 unspecified atom stereocenters. The van der Waals surface area contributed by atoms with Crippen molar-refractivity contribution in [2.45, 2.75) is 51.4 Å². The Bertz CT molecular complexity index is 609. The predicted molar refractivity (Wildman–Crippen MR) is 84.3 cm³/mol. The molecule has 3 heteroatoms. The zero-order valence-corrected chi connectivity index (χ0v) is 12.7. The number of hydrogen-bond acceptors (Lipinski definition) is 3. The van der Waals surface area contributed by atoms with Crippen LogP contribution in [0, 0.1) is 17.3 Å². The number of rotatable bonds is 0. The molecule has 0 aromatic heterocycles. The van der Waals surface area contributed by atoms with E-state index in [1.165, 1.54) is 42.5 Å². The molecule has 112 valence electrons. The largest absolute Gasteiger partial charge is 0.508 e. The molecule has 1 aromatic rings. The standard InChI is InChI=1S/C18H24N2O/c1-18-9-8-14-13-5-3-12(21)10-11(13)2-4-15(14)16(18)6-7-17(18)20-19/h3,5,10,14-16,21H,2,4,6-9,19H2,1H3/b20-17-/t14-,15-,16-,18-/m0/s1. The van der Waals surface area contributed by atoms with Gasteiger partial charge in [-0.15, -0.1) is 0 Å². The van der Waals surface area contributed by atoms with Gasteiger partial charge in [-0.3, -0.25) is 0 Å². The van der Waals surface area contributed by atoms with Crippen molar-refractivity contribution in [2.75, 3.05) is 0 Å². The Hall–Kier alpha value is -1.51. The Kier molecular flexibility index (Phi) is 2.82. The van der Waals surface area contributed by atoms with Crippen LogP contribution in [0.25, 0.3) is 0 Å². The Morgan fingerprint density at radius 3 is 2.90 bits per heavy atom. The molecule has 21 heavy (non-hydrogen) atoms. The summed E-state index contributed by atoms with van der Waals surface area (Å²) in [6.45, 7) is 2.39. The van der Waals surface area contributed by atoms with Crippen molar-refractivity contribution in [1.82, 2.24) is 0 Å². The third kappa shape index (κ3) is 1.76. The summed E-state index contributed by atoms with van der Waals surface area (Å²) in [5.74, 6) is 8.23. The Labute approximate surface area is 126 Å². The molecule has 2 fully saturated rings. The van der Waals surface area contributed by atoms with E-state index in [0.29, 0.717) is 11.7 Å². The molecule has 0 radical (unpaired) electrons. The third-order valence-corrected chi connectivity index (χ3v) is 6.61. The zero-order chi connectivity index (χ0) is 14.6. The van der Waals surface area contributed by atoms with Crippen LogP contribution in [-0.4, -0.2) is 10.8 Å². The molecule has 0 bridgehead atoms. The number of hydrazone groups is 1. The molecule has 4 atom stereocenters. The van der Waals surface area contributed by atoms with Gasteiger partial charge in [0.05, 0.1) is 0 Å². The van der Waals surface area contributed by atoms with Gasteiger partial charge in [0.1, 0.15) is 5.75 Å². The van der Waals surface area contributed by atoms with Gasteiger partial charge >= 0.3 is 0 Å². The molecule has 0 saturated heterocycles. The summed E-state index contributed by atoms with van der Waals surface area (Å²) in [7, 11) is 0. The number of aromatic hydroxyl groups is 1. The lowest BCUT2D eigenvalue weighted by Gasteiger charge is -2.49. The van der Waals surface area contributed by atoms with E-state index in [1.807, 2.05) is 12.1 Å². The average Bonchev–Trinajstić information content (AvgIpc) is 2.83. The lowest BCUT2D eigenvalue weighted by atomic mass is 9.55. The summed E-state index contributed by atoms with van der Waals surface area (Å²) in [4.78, 5) is 0. The number of phenols is 1. The van der Waals surface area contributed by atoms with E-state index >= 15 is 0 Å². The van der Waals surface area contributed by atoms with Crippen LogP contribution in [0.3, 0.4) is 0 Å². The molecule has 2 saturated carbocycles. The summed E-state index contributed by atoms with van der Waals surface area (Å²) < 4.78 is 0. The van der Waals surface area contributed by atoms with Crippen molar-refractivity contribution in [2.24, 2.45) is 28.2 Å². The highest BCUT2D eigenvalue weighted by atomic mass is 16.3. The molecule has 1 aromatic carbocycles. The van der Waals surface area contributed by atoms with E-state index in [1.54, 1.807) is 0 Å². The van der Waals surface area contributed by atoms with Crippen LogP contribution in [0.2, 0.25) is 0 Å². The van der Waals surface area contributed by atoms with E-state index in [0.717, 1.165) is 24.7 Å². The molecule has 3 aliphatic carbocycles. The molecule has 3 N–H and O–H groups in total. The van der Waals surface area contributed by atoms with Gasteiger partial charge in [-0.1, -0.05) is 13.0 Å². The van der Waals surface area contributed by atoms with Crippen molar-refractivity contribution < 1.29 is 5.11 Å². The Balaban J connectivity index is 1.72. The molecule has 0 heterocycles. The highest BCUT2D eigenvalue weighted by Gasteiger charge is 2.53. The fourth-order valence-corrected chi connectivity index (χ4v) is 5.57. The third-order valence-electron chi connectivity index (χ3n) is 6.61. The van der Waals surface area contributed by atoms with Crippen molar-refractivity contribution in [3.63, 3.8) is 0 Å². The monoisotopic (exact) mass is 284 g/mol. The number of phenolic OH excluding ortho intramolecular Hbond substituents is 1. The smallest absolute Gasteiger partial charge is 0.115 e. The van der Waals surface area contributed by atoms with Crippen LogP contribution in [0.15, 0.2) is 23.3 Å². The minimum Gasteiger partial charge on any atom is -0.508 e. The van der Waals surface area contributed by atoms with E-state index in [9.17, 15) is 5.11 Å². The number of fused-ring (bicyclic) bond motifs is 5. The van der Waals surface area contributed by atoms with Gasteiger partial charge in [-0.2, -0.15) is 5.10 Å². The van der Waals surface area contributed by atoms with Gasteiger partial charge < -0.3 is 10.9 Å². The van der Waals surface area contributed by atoms with Crippen LogP contribution < -0.4 is 5.84 Å². The van der Waals surface area contributed by atoms with Gasteiger partial charge in [0.15, 0.2) is 0 Å². The van der Waals surface area contributed by atoms with Gasteiger partial charge in [0.2, 0.25) is 0 Å². The summed E-state index contributed by atoms with van der Waals surface area (Å²) in [5.41, 5.74) is 4.35. The molecular formula is C18H24N2O. The summed E-state index contributed by atoms with van der Waals surface area (Å²) in [6.07, 6.45) is 7.12. The number of nitrogens with two attached hydrogens (primary N) is 1. The van der Waals surface area contributed by atoms with E-state index in [2.05, 4.69) is 18.1 Å². The minimum absolute atomic E-state index is 0.240. The normalized spacial score (nSPS) is 39.7. The van der Waals surface area contributed by atoms with Gasteiger partial charge in [0, 0.05) is 11.1 Å². The number of aryl methyl sites for hydroxylation is 1. The lowest BCUT2D eigenvalue weighted by Crippen LogP contribution is -2.42. The van der Waals surface area contributed by atoms with Gasteiger partial charge in [-0.25, -0.2) is 0 Å². The second-order valence-electron chi connectivity index (χ2n) is 7.37. The van der Waals surface area contributed by atoms with Crippen LogP contribution in [0.5, 0.6) is 5.75 Å². The van der Waals surface area contributed by atoms with Crippen molar-refractivity contribution in [1.29, 1.82) is 0 Å². The van der Waals surface area contributed by atoms with Crippen LogP contribution >= 0.6 is 0 Å². The minimum atomic E-state index is 0.240. The molecule has 0 spiro atoms. The first kappa shape index (κ1) is 13.2. The second kappa shape index (κ2) is 4.49. The molecule has 0 amide bonds. The predicted octanol–water partition coefficient (Wildman–Crippen LogP) is 3.56. The first-order valence-corrected chi connectivity index (χ1v) is 8.22. The van der Waals surface area contributed by atoms with E-state index in [4.69, 9.17) is 5.84 Å². The number of benzene rings is 1. The highest BCUT2D eigenvalue weighted by Crippen LogP contribution is 2.59. The van der Waals surface area contributed by atoms with Crippen molar-refractivity contribution in [3.05, 3.63) is 29.3 Å². The zero-order valence-electron chi connectivity index (χ0n) is 12.7. The number of hydrogen-bond donors (Lipinski definition) is 2. The van der Waals surface area contributed by atoms with E-state index in [-0.39, 0.29) is 5.41 Å². The average molecular weight is 284 g/mol. The Morgan fingerprint density at radius 2 is 2.10 bits per heavy atom. The molecule has 4 rings (SSSR count). The maximum absolute atomic E-state index is 9.71. The molecule has 3 nitrogen and oxygen atoms in total. The van der Waals surface area contributed by atoms with Crippen molar-refractivity contribution >= 4 is 5.71 Å². The molecular weight excluding hydrogens is 260 g/mol. The lowest BCUT2D eigenvalue weighted by molar-refractivity contribution is 0.0955. The molecule has 3 aliphatic rings. The quantitative estimate of drug-likeness (QED) is 0.565. The van der Waals surface area contributed by atoms with Crippen LogP contribution in [0.1, 0.15) is 56.1 Å². The summed E-state index contributed by atoms with van der Waals surface area (Å²) >= 11 is 0. The molecule has 0 aliphatic heterocycles. The fraction of sp³-hybridized carbons (Fsp3) is 0.611. The second-order valence-corrected chi connectivity index (χ2v) is 7.37. The fourth-order valence-electron chi connectivity index (χ4n) is 5.57. The topological polar surface area (TPSA) is 58.6 Å². The van der Waals surface area contributed by atoms with Gasteiger partial charge in [-0.05, 0) is 79.5 Å². The van der Waals surface area contributed by atoms with Crippen LogP contribution in [0.4, 0.5) is 0 Å². The van der Waals surface area contributed by atoms with E-state index < -0.39 is 0 Å². The SMILES string of the molecule is C[C@]12CC[C@H]3c4ccc(O)cc4CC[C@@H]3[C@@H]1CC/C2=N/N. The summed E-state index contributed by atoms with van der Waals surface area (Å²) in [5, 5.41) is 13.8. The maximum Gasteiger partial charge on any atom is 0.115 e. The summed E-state index contributed by atoms with van der Waals surface area (Å²) in [6, 6.07) is 5.99.